The molecule has 3 nitrogen and oxygen atoms in total. The predicted octanol–water partition coefficient (Wildman–Crippen LogP) is 2.37. The van der Waals surface area contributed by atoms with Gasteiger partial charge in [-0.05, 0) is 44.9 Å². The van der Waals surface area contributed by atoms with Crippen LogP contribution in [0.25, 0.3) is 0 Å². The lowest BCUT2D eigenvalue weighted by Gasteiger charge is -2.38. The first-order chi connectivity index (χ1) is 9.78. The van der Waals surface area contributed by atoms with Crippen LogP contribution in [0.1, 0.15) is 24.0 Å². The Morgan fingerprint density at radius 1 is 1.40 bits per heavy atom. The van der Waals surface area contributed by atoms with Crippen LogP contribution in [0.4, 0.5) is 5.69 Å². The Morgan fingerprint density at radius 2 is 2.30 bits per heavy atom. The number of anilines is 1. The molecule has 2 unspecified atom stereocenters. The molecule has 0 bridgehead atoms. The number of rotatable bonds is 3. The molecule has 1 fully saturated rings. The van der Waals surface area contributed by atoms with Crippen LogP contribution in [0.2, 0.25) is 0 Å². The zero-order valence-corrected chi connectivity index (χ0v) is 12.7. The van der Waals surface area contributed by atoms with E-state index in [-0.39, 0.29) is 0 Å². The van der Waals surface area contributed by atoms with Gasteiger partial charge in [0.1, 0.15) is 0 Å². The van der Waals surface area contributed by atoms with Crippen LogP contribution >= 0.6 is 0 Å². The van der Waals surface area contributed by atoms with Crippen molar-refractivity contribution in [1.29, 1.82) is 0 Å². The maximum Gasteiger partial charge on any atom is 0.0526 e. The minimum absolute atomic E-state index is 0.597. The summed E-state index contributed by atoms with van der Waals surface area (Å²) in [6, 6.07) is 7.50. The minimum Gasteiger partial charge on any atom is -0.381 e. The summed E-state index contributed by atoms with van der Waals surface area (Å²) in [4.78, 5) is 2.57. The first-order valence-electron chi connectivity index (χ1n) is 7.87. The van der Waals surface area contributed by atoms with Crippen LogP contribution in [0, 0.1) is 12.8 Å². The van der Waals surface area contributed by atoms with E-state index in [1.165, 1.54) is 36.2 Å². The lowest BCUT2D eigenvalue weighted by atomic mass is 9.93. The molecule has 20 heavy (non-hydrogen) atoms. The first-order valence-corrected chi connectivity index (χ1v) is 7.87. The summed E-state index contributed by atoms with van der Waals surface area (Å²) in [5.41, 5.74) is 4.34. The number of nitrogens with one attached hydrogen (secondary N) is 1. The number of hydrogen-bond donors (Lipinski definition) is 1. The molecule has 3 rings (SSSR count). The number of ether oxygens (including phenoxy) is 1. The van der Waals surface area contributed by atoms with Crippen molar-refractivity contribution in [1.82, 2.24) is 5.32 Å². The molecular formula is C17H26N2O. The summed E-state index contributed by atoms with van der Waals surface area (Å²) >= 11 is 0. The standard InChI is InChI=1S/C17H26N2O/c1-13-5-6-17-14(10-13)4-3-8-19(17)11-15-12-20-9-7-16(15)18-2/h5-6,10,15-16,18H,3-4,7-9,11-12H2,1-2H3. The molecule has 0 spiro atoms. The van der Waals surface area contributed by atoms with Gasteiger partial charge in [0.05, 0.1) is 6.61 Å². The highest BCUT2D eigenvalue weighted by atomic mass is 16.5. The van der Waals surface area contributed by atoms with Crippen LogP contribution in [0.3, 0.4) is 0 Å². The Morgan fingerprint density at radius 3 is 3.15 bits per heavy atom. The molecule has 3 heteroatoms. The summed E-state index contributed by atoms with van der Waals surface area (Å²) in [5.74, 6) is 0.598. The predicted molar refractivity (Wildman–Crippen MR) is 83.5 cm³/mol. The van der Waals surface area contributed by atoms with Crippen molar-refractivity contribution in [3.8, 4) is 0 Å². The van der Waals surface area contributed by atoms with Gasteiger partial charge in [-0.25, -0.2) is 0 Å². The van der Waals surface area contributed by atoms with E-state index in [9.17, 15) is 0 Å². The van der Waals surface area contributed by atoms with Gasteiger partial charge in [-0.2, -0.15) is 0 Å². The molecule has 2 aliphatic heterocycles. The smallest absolute Gasteiger partial charge is 0.0526 e. The summed E-state index contributed by atoms with van der Waals surface area (Å²) in [6.07, 6.45) is 3.63. The van der Waals surface area contributed by atoms with Crippen LogP contribution in [0.5, 0.6) is 0 Å². The fourth-order valence-electron chi connectivity index (χ4n) is 3.63. The Bertz CT molecular complexity index is 460. The molecule has 1 aromatic rings. The van der Waals surface area contributed by atoms with Crippen molar-refractivity contribution >= 4 is 5.69 Å². The zero-order valence-electron chi connectivity index (χ0n) is 12.7. The molecule has 0 aliphatic carbocycles. The van der Waals surface area contributed by atoms with E-state index < -0.39 is 0 Å². The molecule has 1 N–H and O–H groups in total. The third-order valence-corrected chi connectivity index (χ3v) is 4.75. The summed E-state index contributed by atoms with van der Waals surface area (Å²) < 4.78 is 5.70. The van der Waals surface area contributed by atoms with Crippen molar-refractivity contribution in [2.75, 3.05) is 38.3 Å². The number of nitrogens with zero attached hydrogens (tertiary/aromatic N) is 1. The zero-order chi connectivity index (χ0) is 13.9. The van der Waals surface area contributed by atoms with E-state index in [0.29, 0.717) is 12.0 Å². The topological polar surface area (TPSA) is 24.5 Å². The van der Waals surface area contributed by atoms with Gasteiger partial charge in [0, 0.05) is 37.3 Å². The summed E-state index contributed by atoms with van der Waals surface area (Å²) in [6.45, 7) is 6.27. The second-order valence-electron chi connectivity index (χ2n) is 6.20. The first kappa shape index (κ1) is 13.9. The fraction of sp³-hybridized carbons (Fsp3) is 0.647. The molecule has 1 saturated heterocycles. The largest absolute Gasteiger partial charge is 0.381 e. The van der Waals surface area contributed by atoms with Crippen molar-refractivity contribution < 1.29 is 4.74 Å². The molecule has 0 amide bonds. The molecule has 2 aliphatic rings. The van der Waals surface area contributed by atoms with E-state index in [4.69, 9.17) is 4.74 Å². The molecule has 0 aromatic heterocycles. The normalized spacial score (nSPS) is 26.4. The number of hydrogen-bond acceptors (Lipinski definition) is 3. The van der Waals surface area contributed by atoms with Gasteiger partial charge in [0.15, 0.2) is 0 Å². The van der Waals surface area contributed by atoms with E-state index in [2.05, 4.69) is 42.4 Å². The third kappa shape index (κ3) is 2.84. The van der Waals surface area contributed by atoms with Gasteiger partial charge in [-0.3, -0.25) is 0 Å². The van der Waals surface area contributed by atoms with E-state index >= 15 is 0 Å². The number of fused-ring (bicyclic) bond motifs is 1. The van der Waals surface area contributed by atoms with E-state index in [1.807, 2.05) is 0 Å². The number of benzene rings is 1. The quantitative estimate of drug-likeness (QED) is 0.916. The average molecular weight is 274 g/mol. The molecule has 110 valence electrons. The molecular weight excluding hydrogens is 248 g/mol. The Hall–Kier alpha value is -1.06. The van der Waals surface area contributed by atoms with Gasteiger partial charge in [0.2, 0.25) is 0 Å². The van der Waals surface area contributed by atoms with Gasteiger partial charge in [-0.15, -0.1) is 0 Å². The monoisotopic (exact) mass is 274 g/mol. The highest BCUT2D eigenvalue weighted by Crippen LogP contribution is 2.29. The minimum atomic E-state index is 0.597. The van der Waals surface area contributed by atoms with Gasteiger partial charge < -0.3 is 15.0 Å². The summed E-state index contributed by atoms with van der Waals surface area (Å²) in [7, 11) is 2.08. The van der Waals surface area contributed by atoms with Crippen molar-refractivity contribution in [2.24, 2.45) is 5.92 Å². The van der Waals surface area contributed by atoms with Crippen LogP contribution in [-0.2, 0) is 11.2 Å². The Kier molecular flexibility index (Phi) is 4.27. The van der Waals surface area contributed by atoms with E-state index in [0.717, 1.165) is 26.2 Å². The van der Waals surface area contributed by atoms with Gasteiger partial charge in [-0.1, -0.05) is 17.7 Å². The van der Waals surface area contributed by atoms with Crippen LogP contribution < -0.4 is 10.2 Å². The van der Waals surface area contributed by atoms with Crippen molar-refractivity contribution in [2.45, 2.75) is 32.2 Å². The lowest BCUT2D eigenvalue weighted by molar-refractivity contribution is 0.0366. The molecule has 2 atom stereocenters. The Labute approximate surface area is 122 Å². The third-order valence-electron chi connectivity index (χ3n) is 4.75. The van der Waals surface area contributed by atoms with Crippen LogP contribution in [-0.4, -0.2) is 39.4 Å². The molecule has 0 saturated carbocycles. The fourth-order valence-corrected chi connectivity index (χ4v) is 3.63. The highest BCUT2D eigenvalue weighted by molar-refractivity contribution is 5.56. The van der Waals surface area contributed by atoms with Crippen LogP contribution in [0.15, 0.2) is 18.2 Å². The van der Waals surface area contributed by atoms with Crippen molar-refractivity contribution in [3.63, 3.8) is 0 Å². The van der Waals surface area contributed by atoms with Gasteiger partial charge in [0.25, 0.3) is 0 Å². The van der Waals surface area contributed by atoms with Gasteiger partial charge >= 0.3 is 0 Å². The van der Waals surface area contributed by atoms with E-state index in [1.54, 1.807) is 0 Å². The second kappa shape index (κ2) is 6.15. The molecule has 0 radical (unpaired) electrons. The highest BCUT2D eigenvalue weighted by Gasteiger charge is 2.28. The lowest BCUT2D eigenvalue weighted by Crippen LogP contribution is -2.47. The average Bonchev–Trinajstić information content (AvgIpc) is 2.47. The number of aryl methyl sites for hydroxylation is 2. The molecule has 1 aromatic carbocycles. The second-order valence-corrected chi connectivity index (χ2v) is 6.20. The molecule has 2 heterocycles. The Balaban J connectivity index is 1.75. The SMILES string of the molecule is CNC1CCOCC1CN1CCCc2cc(C)ccc21. The summed E-state index contributed by atoms with van der Waals surface area (Å²) in [5, 5.41) is 3.47. The van der Waals surface area contributed by atoms with Crippen molar-refractivity contribution in [3.05, 3.63) is 29.3 Å². The maximum absolute atomic E-state index is 5.70. The maximum atomic E-state index is 5.70.